The largest absolute Gasteiger partial charge is 0.501 e. The minimum Gasteiger partial charge on any atom is -0.501 e. The molecule has 0 saturated heterocycles. The Balaban J connectivity index is 0.000000287. The summed E-state index contributed by atoms with van der Waals surface area (Å²) in [4.78, 5) is 28.6. The van der Waals surface area contributed by atoms with Gasteiger partial charge in [0.15, 0.2) is 5.69 Å². The average Bonchev–Trinajstić information content (AvgIpc) is 3.36. The van der Waals surface area contributed by atoms with Crippen molar-refractivity contribution >= 4 is 11.6 Å². The van der Waals surface area contributed by atoms with Crippen LogP contribution in [0, 0.1) is 0 Å². The Hall–Kier alpha value is -4.41. The zero-order valence-electron chi connectivity index (χ0n) is 18.5. The maximum absolute atomic E-state index is 12.3. The van der Waals surface area contributed by atoms with Gasteiger partial charge >= 0.3 is 6.18 Å². The Labute approximate surface area is 197 Å². The zero-order valence-corrected chi connectivity index (χ0v) is 18.5. The molecule has 0 aliphatic carbocycles. The number of carbonyl (C=O) groups is 1. The lowest BCUT2D eigenvalue weighted by Gasteiger charge is -2.11. The summed E-state index contributed by atoms with van der Waals surface area (Å²) in [5.41, 5.74) is -0.214. The summed E-state index contributed by atoms with van der Waals surface area (Å²) in [7, 11) is 1.51. The van der Waals surface area contributed by atoms with Crippen LogP contribution in [-0.2, 0) is 26.1 Å². The van der Waals surface area contributed by atoms with Crippen molar-refractivity contribution in [2.45, 2.75) is 19.0 Å². The standard InChI is InChI=1S/C17H16N4O4.C7H5F3/c1-21-13(8-7-11-5-3-2-4-6-11)20-14(15(22)17(21)24)16(23)19-12-9-18-25-10-12;8-7(9,10)6-4-2-1-3-5-6/h2-6,9-10,22H,7-8H2,1H3,(H,19,23);1-5H. The van der Waals surface area contributed by atoms with Gasteiger partial charge in [0.25, 0.3) is 11.5 Å². The van der Waals surface area contributed by atoms with Crippen LogP contribution < -0.4 is 10.9 Å². The van der Waals surface area contributed by atoms with Crippen molar-refractivity contribution in [1.82, 2.24) is 14.7 Å². The predicted molar refractivity (Wildman–Crippen MR) is 121 cm³/mol. The van der Waals surface area contributed by atoms with Crippen LogP contribution in [0.4, 0.5) is 18.9 Å². The molecule has 8 nitrogen and oxygen atoms in total. The van der Waals surface area contributed by atoms with Crippen LogP contribution in [0.25, 0.3) is 0 Å². The minimum absolute atomic E-state index is 0.303. The molecule has 0 aliphatic heterocycles. The van der Waals surface area contributed by atoms with Crippen LogP contribution >= 0.6 is 0 Å². The highest BCUT2D eigenvalue weighted by atomic mass is 19.4. The normalized spacial score (nSPS) is 10.9. The third kappa shape index (κ3) is 6.79. The topological polar surface area (TPSA) is 110 Å². The smallest absolute Gasteiger partial charge is 0.416 e. The maximum Gasteiger partial charge on any atom is 0.416 e. The molecule has 11 heteroatoms. The highest BCUT2D eigenvalue weighted by Gasteiger charge is 2.29. The molecule has 0 spiro atoms. The number of halogens is 3. The van der Waals surface area contributed by atoms with Crippen LogP contribution in [-0.4, -0.2) is 25.7 Å². The number of alkyl halides is 3. The fraction of sp³-hybridized carbons (Fsp3) is 0.167. The molecule has 4 aromatic rings. The maximum atomic E-state index is 12.3. The van der Waals surface area contributed by atoms with Gasteiger partial charge in [-0.05, 0) is 12.0 Å². The van der Waals surface area contributed by atoms with E-state index in [1.807, 2.05) is 30.3 Å². The van der Waals surface area contributed by atoms with Crippen molar-refractivity contribution in [2.75, 3.05) is 5.32 Å². The van der Waals surface area contributed by atoms with Gasteiger partial charge in [0.05, 0.1) is 11.8 Å². The molecular weight excluding hydrogens is 465 g/mol. The lowest BCUT2D eigenvalue weighted by molar-refractivity contribution is -0.137. The minimum atomic E-state index is -4.21. The Morgan fingerprint density at radius 2 is 1.69 bits per heavy atom. The first-order valence-corrected chi connectivity index (χ1v) is 10.3. The van der Waals surface area contributed by atoms with E-state index in [2.05, 4.69) is 20.0 Å². The van der Waals surface area contributed by atoms with Gasteiger partial charge in [-0.25, -0.2) is 4.98 Å². The summed E-state index contributed by atoms with van der Waals surface area (Å²) in [6.07, 6.45) is -0.581. The zero-order chi connectivity index (χ0) is 25.4. The second kappa shape index (κ2) is 11.1. The summed E-state index contributed by atoms with van der Waals surface area (Å²) in [5, 5.41) is 15.9. The van der Waals surface area contributed by atoms with Crippen molar-refractivity contribution < 1.29 is 27.6 Å². The summed E-state index contributed by atoms with van der Waals surface area (Å²) < 4.78 is 41.2. The molecule has 0 fully saturated rings. The molecule has 2 aromatic heterocycles. The van der Waals surface area contributed by atoms with Crippen molar-refractivity contribution in [3.8, 4) is 5.75 Å². The lowest BCUT2D eigenvalue weighted by Crippen LogP contribution is -2.27. The number of hydrogen-bond acceptors (Lipinski definition) is 6. The van der Waals surface area contributed by atoms with E-state index in [4.69, 9.17) is 0 Å². The fourth-order valence-corrected chi connectivity index (χ4v) is 3.00. The van der Waals surface area contributed by atoms with Crippen LogP contribution in [0.15, 0.2) is 82.4 Å². The first kappa shape index (κ1) is 25.2. The molecule has 182 valence electrons. The van der Waals surface area contributed by atoms with Crippen molar-refractivity contribution in [3.63, 3.8) is 0 Å². The SMILES string of the molecule is Cn1c(CCc2ccccc2)nc(C(=O)Nc2cnoc2)c(O)c1=O.FC(F)(F)c1ccccc1. The number of hydrogen-bond donors (Lipinski definition) is 2. The molecule has 4 rings (SSSR count). The predicted octanol–water partition coefficient (Wildman–Crippen LogP) is 4.22. The molecule has 0 bridgehead atoms. The molecule has 0 unspecified atom stereocenters. The monoisotopic (exact) mass is 486 g/mol. The third-order valence-electron chi connectivity index (χ3n) is 4.85. The molecule has 2 aromatic carbocycles. The number of carbonyl (C=O) groups excluding carboxylic acids is 1. The van der Waals surface area contributed by atoms with Crippen molar-refractivity contribution in [1.29, 1.82) is 0 Å². The van der Waals surface area contributed by atoms with Gasteiger partial charge < -0.3 is 14.9 Å². The highest BCUT2D eigenvalue weighted by Crippen LogP contribution is 2.28. The van der Waals surface area contributed by atoms with Crippen molar-refractivity contribution in [3.05, 3.63) is 106 Å². The van der Waals surface area contributed by atoms with Gasteiger partial charge in [-0.3, -0.25) is 14.2 Å². The molecule has 1 amide bonds. The van der Waals surface area contributed by atoms with E-state index in [9.17, 15) is 27.9 Å². The second-order valence-electron chi connectivity index (χ2n) is 7.31. The summed E-state index contributed by atoms with van der Waals surface area (Å²) in [6, 6.07) is 16.1. The van der Waals surface area contributed by atoms with Crippen LogP contribution in [0.1, 0.15) is 27.4 Å². The van der Waals surface area contributed by atoms with E-state index in [1.54, 1.807) is 6.07 Å². The van der Waals surface area contributed by atoms with Gasteiger partial charge in [-0.2, -0.15) is 13.2 Å². The van der Waals surface area contributed by atoms with Gasteiger partial charge in [0, 0.05) is 13.5 Å². The van der Waals surface area contributed by atoms with E-state index in [0.717, 1.165) is 17.7 Å². The van der Waals surface area contributed by atoms with Gasteiger partial charge in [0.1, 0.15) is 17.8 Å². The number of anilines is 1. The molecule has 0 radical (unpaired) electrons. The van der Waals surface area contributed by atoms with Crippen molar-refractivity contribution in [2.24, 2.45) is 7.05 Å². The number of aromatic nitrogens is 3. The summed E-state index contributed by atoms with van der Waals surface area (Å²) in [5.74, 6) is -0.999. The number of benzene rings is 2. The number of aromatic hydroxyl groups is 1. The lowest BCUT2D eigenvalue weighted by atomic mass is 10.1. The van der Waals surface area contributed by atoms with E-state index in [0.29, 0.717) is 24.4 Å². The van der Waals surface area contributed by atoms with E-state index >= 15 is 0 Å². The number of nitrogens with one attached hydrogen (secondary N) is 1. The quantitative estimate of drug-likeness (QED) is 0.437. The van der Waals surface area contributed by atoms with E-state index in [1.165, 1.54) is 36.2 Å². The number of nitrogens with zero attached hydrogens (tertiary/aromatic N) is 3. The summed E-state index contributed by atoms with van der Waals surface area (Å²) >= 11 is 0. The highest BCUT2D eigenvalue weighted by molar-refractivity contribution is 6.04. The van der Waals surface area contributed by atoms with Crippen LogP contribution in [0.3, 0.4) is 0 Å². The van der Waals surface area contributed by atoms with Crippen LogP contribution in [0.5, 0.6) is 5.75 Å². The van der Waals surface area contributed by atoms with Crippen LogP contribution in [0.2, 0.25) is 0 Å². The van der Waals surface area contributed by atoms with Gasteiger partial charge in [-0.15, -0.1) is 0 Å². The molecular formula is C24H21F3N4O4. The van der Waals surface area contributed by atoms with E-state index < -0.39 is 29.0 Å². The molecule has 35 heavy (non-hydrogen) atoms. The Morgan fingerprint density at radius 3 is 2.23 bits per heavy atom. The fourth-order valence-electron chi connectivity index (χ4n) is 3.00. The van der Waals surface area contributed by atoms with Gasteiger partial charge in [-0.1, -0.05) is 65.8 Å². The summed E-state index contributed by atoms with van der Waals surface area (Å²) in [6.45, 7) is 0. The molecule has 2 heterocycles. The second-order valence-corrected chi connectivity index (χ2v) is 7.31. The first-order chi connectivity index (χ1) is 16.7. The van der Waals surface area contributed by atoms with Gasteiger partial charge in [0.2, 0.25) is 5.75 Å². The molecule has 0 aliphatic rings. The average molecular weight is 486 g/mol. The number of aryl methyl sites for hydroxylation is 2. The third-order valence-corrected chi connectivity index (χ3v) is 4.85. The molecule has 0 atom stereocenters. The number of amides is 1. The first-order valence-electron chi connectivity index (χ1n) is 10.3. The molecule has 2 N–H and O–H groups in total. The molecule has 0 saturated carbocycles. The Bertz CT molecular complexity index is 1310. The Kier molecular flexibility index (Phi) is 8.03. The number of rotatable bonds is 5. The van der Waals surface area contributed by atoms with E-state index in [-0.39, 0.29) is 5.69 Å². The Morgan fingerprint density at radius 1 is 1.06 bits per heavy atom.